The van der Waals surface area contributed by atoms with Crippen LogP contribution in [0.3, 0.4) is 0 Å². The smallest absolute Gasteiger partial charge is 0.261 e. The highest BCUT2D eigenvalue weighted by Crippen LogP contribution is 2.35. The van der Waals surface area contributed by atoms with Gasteiger partial charge in [0.05, 0.1) is 27.0 Å². The number of aryl methyl sites for hydroxylation is 2. The van der Waals surface area contributed by atoms with Gasteiger partial charge in [-0.2, -0.15) is 0 Å². The van der Waals surface area contributed by atoms with Gasteiger partial charge in [-0.3, -0.25) is 13.9 Å². The first-order valence-electron chi connectivity index (χ1n) is 17.4. The Morgan fingerprint density at radius 3 is 2.19 bits per heavy atom. The van der Waals surface area contributed by atoms with Crippen LogP contribution in [0.4, 0.5) is 5.69 Å². The summed E-state index contributed by atoms with van der Waals surface area (Å²) in [6.45, 7) is 2.53. The van der Waals surface area contributed by atoms with Crippen LogP contribution in [0.25, 0.3) is 50.8 Å². The molecule has 0 saturated heterocycles. The van der Waals surface area contributed by atoms with Gasteiger partial charge in [-0.1, -0.05) is 126 Å². The van der Waals surface area contributed by atoms with Gasteiger partial charge in [0.15, 0.2) is 0 Å². The van der Waals surface area contributed by atoms with Crippen LogP contribution < -0.4 is 10.9 Å². The number of anilines is 1. The first-order chi connectivity index (χ1) is 25.5. The lowest BCUT2D eigenvalue weighted by Gasteiger charge is -2.22. The van der Waals surface area contributed by atoms with E-state index in [9.17, 15) is 4.79 Å². The number of para-hydroxylation sites is 3. The molecule has 0 bridgehead atoms. The second kappa shape index (κ2) is 14.5. The van der Waals surface area contributed by atoms with Crippen molar-refractivity contribution in [2.45, 2.75) is 26.1 Å². The second-order valence-corrected chi connectivity index (χ2v) is 13.3. The fourth-order valence-electron chi connectivity index (χ4n) is 6.63. The predicted octanol–water partition coefficient (Wildman–Crippen LogP) is 10.6. The summed E-state index contributed by atoms with van der Waals surface area (Å²) < 4.78 is 4.00. The molecule has 6 aromatic carbocycles. The molecule has 52 heavy (non-hydrogen) atoms. The zero-order valence-electron chi connectivity index (χ0n) is 28.7. The number of halogens is 1. The summed E-state index contributed by atoms with van der Waals surface area (Å²) in [5.74, 6) is 1.39. The summed E-state index contributed by atoms with van der Waals surface area (Å²) in [5.41, 5.74) is 8.47. The molecule has 0 fully saturated rings. The summed E-state index contributed by atoms with van der Waals surface area (Å²) in [6, 6.07) is 50.3. The molecule has 0 aliphatic rings. The molecule has 0 amide bonds. The molecule has 0 aliphatic heterocycles. The number of nitrogens with one attached hydrogen (secondary N) is 1. The molecule has 1 atom stereocenters. The molecule has 0 aliphatic carbocycles. The number of benzene rings is 6. The second-order valence-electron chi connectivity index (χ2n) is 12.9. The fraction of sp³-hybridized carbons (Fsp3) is 0.0889. The molecule has 0 spiro atoms. The summed E-state index contributed by atoms with van der Waals surface area (Å²) in [6.07, 6.45) is 4.57. The van der Waals surface area contributed by atoms with Gasteiger partial charge in [0.25, 0.3) is 5.56 Å². The van der Waals surface area contributed by atoms with E-state index < -0.39 is 0 Å². The molecule has 8 aromatic rings. The molecule has 1 unspecified atom stereocenters. The Labute approximate surface area is 307 Å². The van der Waals surface area contributed by atoms with Crippen LogP contribution in [0.1, 0.15) is 22.9 Å². The topological polar surface area (TPSA) is 64.7 Å². The molecule has 8 rings (SSSR count). The normalized spacial score (nSPS) is 12.1. The van der Waals surface area contributed by atoms with Crippen molar-refractivity contribution in [2.24, 2.45) is 0 Å². The van der Waals surface area contributed by atoms with Crippen LogP contribution in [-0.2, 0) is 13.0 Å². The van der Waals surface area contributed by atoms with Crippen molar-refractivity contribution >= 4 is 45.3 Å². The number of imidazole rings is 1. The third kappa shape index (κ3) is 6.76. The Morgan fingerprint density at radius 2 is 1.40 bits per heavy atom. The van der Waals surface area contributed by atoms with Crippen molar-refractivity contribution in [3.8, 4) is 22.8 Å². The van der Waals surface area contributed by atoms with E-state index in [1.807, 2.05) is 103 Å². The summed E-state index contributed by atoms with van der Waals surface area (Å²) >= 11 is 7.04. The number of aromatic nitrogens is 4. The molecule has 6 nitrogen and oxygen atoms in total. The Bertz CT molecular complexity index is 2590. The van der Waals surface area contributed by atoms with Gasteiger partial charge in [0, 0.05) is 23.4 Å². The van der Waals surface area contributed by atoms with Gasteiger partial charge in [-0.15, -0.1) is 0 Å². The fourth-order valence-corrected chi connectivity index (χ4v) is 6.83. The lowest BCUT2D eigenvalue weighted by atomic mass is 10.1. The lowest BCUT2D eigenvalue weighted by molar-refractivity contribution is 0.671. The van der Waals surface area contributed by atoms with Crippen molar-refractivity contribution in [3.63, 3.8) is 0 Å². The Hall–Kier alpha value is -6.24. The predicted molar refractivity (Wildman–Crippen MR) is 215 cm³/mol. The molecular formula is C45H36ClN5O. The summed E-state index contributed by atoms with van der Waals surface area (Å²) in [5, 5.41) is 4.95. The number of hydrogen-bond acceptors (Lipinski definition) is 4. The van der Waals surface area contributed by atoms with Crippen LogP contribution >= 0.6 is 11.6 Å². The Kier molecular flexibility index (Phi) is 9.21. The van der Waals surface area contributed by atoms with Gasteiger partial charge < -0.3 is 5.32 Å². The number of hydrogen-bond donors (Lipinski definition) is 1. The van der Waals surface area contributed by atoms with E-state index in [0.29, 0.717) is 34.7 Å². The monoisotopic (exact) mass is 697 g/mol. The van der Waals surface area contributed by atoms with Gasteiger partial charge in [0.2, 0.25) is 0 Å². The molecular weight excluding hydrogens is 662 g/mol. The molecule has 0 radical (unpaired) electrons. The molecule has 0 saturated carbocycles. The molecule has 1 N–H and O–H groups in total. The SMILES string of the molecule is Cc1ccc(NC(/C=C/c2ccccc2)n2c(-c3cc(CCn4c(-c5ccccc5)nc5ccccc5c4=O)ccc3Cl)nc3ccccc32)cc1. The van der Waals surface area contributed by atoms with E-state index in [-0.39, 0.29) is 11.7 Å². The maximum Gasteiger partial charge on any atom is 0.261 e. The van der Waals surface area contributed by atoms with E-state index in [1.165, 1.54) is 5.56 Å². The van der Waals surface area contributed by atoms with E-state index in [0.717, 1.165) is 44.8 Å². The number of fused-ring (bicyclic) bond motifs is 2. The minimum atomic E-state index is -0.305. The summed E-state index contributed by atoms with van der Waals surface area (Å²) in [7, 11) is 0. The number of rotatable bonds is 10. The minimum absolute atomic E-state index is 0.0596. The lowest BCUT2D eigenvalue weighted by Crippen LogP contribution is -2.24. The van der Waals surface area contributed by atoms with Crippen LogP contribution in [0.15, 0.2) is 163 Å². The third-order valence-electron chi connectivity index (χ3n) is 9.30. The minimum Gasteiger partial charge on any atom is -0.362 e. The Morgan fingerprint density at radius 1 is 0.731 bits per heavy atom. The first kappa shape index (κ1) is 32.9. The Balaban J connectivity index is 1.21. The first-order valence-corrected chi connectivity index (χ1v) is 17.8. The van der Waals surface area contributed by atoms with Crippen molar-refractivity contribution in [1.29, 1.82) is 0 Å². The van der Waals surface area contributed by atoms with E-state index in [1.54, 1.807) is 4.57 Å². The summed E-state index contributed by atoms with van der Waals surface area (Å²) in [4.78, 5) is 24.0. The van der Waals surface area contributed by atoms with Crippen LogP contribution in [0.2, 0.25) is 5.02 Å². The van der Waals surface area contributed by atoms with E-state index >= 15 is 0 Å². The van der Waals surface area contributed by atoms with Gasteiger partial charge in [-0.05, 0) is 79.1 Å². The van der Waals surface area contributed by atoms with Crippen molar-refractivity contribution in [3.05, 3.63) is 190 Å². The van der Waals surface area contributed by atoms with Crippen molar-refractivity contribution in [1.82, 2.24) is 19.1 Å². The van der Waals surface area contributed by atoms with Gasteiger partial charge >= 0.3 is 0 Å². The molecule has 254 valence electrons. The molecule has 2 heterocycles. The zero-order chi connectivity index (χ0) is 35.4. The van der Waals surface area contributed by atoms with Crippen LogP contribution in [0.5, 0.6) is 0 Å². The van der Waals surface area contributed by atoms with E-state index in [4.69, 9.17) is 21.6 Å². The quantitative estimate of drug-likeness (QED) is 0.154. The average Bonchev–Trinajstić information content (AvgIpc) is 3.57. The van der Waals surface area contributed by atoms with Crippen molar-refractivity contribution in [2.75, 3.05) is 5.32 Å². The maximum atomic E-state index is 13.9. The molecule has 2 aromatic heterocycles. The highest BCUT2D eigenvalue weighted by molar-refractivity contribution is 6.33. The van der Waals surface area contributed by atoms with Crippen molar-refractivity contribution < 1.29 is 0 Å². The number of nitrogens with zero attached hydrogens (tertiary/aromatic N) is 4. The van der Waals surface area contributed by atoms with Gasteiger partial charge in [-0.25, -0.2) is 9.97 Å². The molecule has 7 heteroatoms. The van der Waals surface area contributed by atoms with Crippen LogP contribution in [-0.4, -0.2) is 19.1 Å². The van der Waals surface area contributed by atoms with Gasteiger partial charge in [0.1, 0.15) is 17.8 Å². The largest absolute Gasteiger partial charge is 0.362 e. The maximum absolute atomic E-state index is 13.9. The highest BCUT2D eigenvalue weighted by Gasteiger charge is 2.21. The highest BCUT2D eigenvalue weighted by atomic mass is 35.5. The standard InChI is InChI=1S/C45H36ClN5O/c1-31-20-24-35(25-21-31)47-42(27-23-32-12-4-2-5-13-32)51-41-19-11-10-18-40(41)49-44(51)37-30-33(22-26-38(37)46)28-29-50-43(34-14-6-3-7-15-34)48-39-17-9-8-16-36(39)45(50)52/h2-27,30,42,47H,28-29H2,1H3/b27-23+. The third-order valence-corrected chi connectivity index (χ3v) is 9.63. The van der Waals surface area contributed by atoms with Crippen LogP contribution in [0, 0.1) is 6.92 Å². The average molecular weight is 698 g/mol. The zero-order valence-corrected chi connectivity index (χ0v) is 29.4. The van der Waals surface area contributed by atoms with E-state index in [2.05, 4.69) is 77.5 Å².